The topological polar surface area (TPSA) is 116 Å². The van der Waals surface area contributed by atoms with Crippen molar-refractivity contribution in [3.05, 3.63) is 12.2 Å². The van der Waals surface area contributed by atoms with Gasteiger partial charge >= 0.3 is 23.9 Å². The number of aliphatic carboxylic acids is 1. The first-order valence-corrected chi connectivity index (χ1v) is 9.50. The Morgan fingerprint density at radius 1 is 0.964 bits per heavy atom. The van der Waals surface area contributed by atoms with E-state index < -0.39 is 42.5 Å². The van der Waals surface area contributed by atoms with E-state index in [2.05, 4.69) is 11.3 Å². The van der Waals surface area contributed by atoms with E-state index in [0.29, 0.717) is 18.3 Å². The smallest absolute Gasteiger partial charge is 0.344 e. The maximum absolute atomic E-state index is 12.0. The maximum atomic E-state index is 12.0. The Bertz CT molecular complexity index is 695. The zero-order chi connectivity index (χ0) is 20.5. The van der Waals surface area contributed by atoms with Gasteiger partial charge < -0.3 is 19.3 Å². The van der Waals surface area contributed by atoms with Gasteiger partial charge in [0.15, 0.2) is 13.2 Å². The molecular weight excluding hydrogens is 368 g/mol. The molecule has 4 fully saturated rings. The Morgan fingerprint density at radius 2 is 1.54 bits per heavy atom. The standard InChI is InChI=1S/C20H26O8/c1-12(2)17(23)27-9-15(21)26-8-16(22)28-11-19-4-13-3-14(5-19)7-20(6-13,10-19)18(24)25/h13-14H,1,3-11H2,2H3,(H,24,25). The highest BCUT2D eigenvalue weighted by molar-refractivity contribution is 5.88. The molecule has 0 aromatic carbocycles. The lowest BCUT2D eigenvalue weighted by molar-refractivity contribution is -0.185. The number of ether oxygens (including phenoxy) is 3. The van der Waals surface area contributed by atoms with E-state index in [-0.39, 0.29) is 17.6 Å². The van der Waals surface area contributed by atoms with Crippen molar-refractivity contribution in [3.63, 3.8) is 0 Å². The van der Waals surface area contributed by atoms with Crippen LogP contribution in [-0.2, 0) is 33.4 Å². The van der Waals surface area contributed by atoms with E-state index in [4.69, 9.17) is 9.47 Å². The summed E-state index contributed by atoms with van der Waals surface area (Å²) in [6.45, 7) is 3.81. The Balaban J connectivity index is 1.46. The van der Waals surface area contributed by atoms with Gasteiger partial charge in [-0.05, 0) is 57.3 Å². The van der Waals surface area contributed by atoms with Crippen LogP contribution in [0.2, 0.25) is 0 Å². The summed E-state index contributed by atoms with van der Waals surface area (Å²) in [5.41, 5.74) is -0.822. The number of carboxylic acids is 1. The van der Waals surface area contributed by atoms with Crippen LogP contribution >= 0.6 is 0 Å². The first kappa shape index (κ1) is 20.4. The van der Waals surface area contributed by atoms with Gasteiger partial charge in [-0.1, -0.05) is 6.58 Å². The molecule has 0 saturated heterocycles. The number of carboxylic acid groups (broad SMARTS) is 1. The number of esters is 3. The van der Waals surface area contributed by atoms with Gasteiger partial charge in [-0.2, -0.15) is 0 Å². The third-order valence-corrected chi connectivity index (χ3v) is 6.20. The normalized spacial score (nSPS) is 32.5. The lowest BCUT2D eigenvalue weighted by atomic mass is 9.44. The molecule has 8 heteroatoms. The van der Waals surface area contributed by atoms with E-state index in [1.54, 1.807) is 0 Å². The summed E-state index contributed by atoms with van der Waals surface area (Å²) in [7, 11) is 0. The first-order valence-electron chi connectivity index (χ1n) is 9.50. The van der Waals surface area contributed by atoms with Gasteiger partial charge in [0, 0.05) is 11.0 Å². The van der Waals surface area contributed by atoms with Crippen LogP contribution < -0.4 is 0 Å². The molecule has 0 radical (unpaired) electrons. The van der Waals surface area contributed by atoms with E-state index in [1.807, 2.05) is 0 Å². The SMILES string of the molecule is C=C(C)C(=O)OCC(=O)OCC(=O)OCC12CC3CC(C1)CC(C(=O)O)(C3)C2. The lowest BCUT2D eigenvalue weighted by Crippen LogP contribution is -2.56. The Hall–Kier alpha value is -2.38. The summed E-state index contributed by atoms with van der Waals surface area (Å²) < 4.78 is 14.7. The van der Waals surface area contributed by atoms with Crippen molar-refractivity contribution in [2.75, 3.05) is 19.8 Å². The van der Waals surface area contributed by atoms with Crippen LogP contribution in [0.5, 0.6) is 0 Å². The minimum atomic E-state index is -0.855. The Kier molecular flexibility index (Phi) is 5.50. The quantitative estimate of drug-likeness (QED) is 0.377. The number of carbonyl (C=O) groups excluding carboxylic acids is 3. The molecule has 1 N–H and O–H groups in total. The van der Waals surface area contributed by atoms with Gasteiger partial charge in [-0.25, -0.2) is 14.4 Å². The fourth-order valence-electron chi connectivity index (χ4n) is 5.58. The highest BCUT2D eigenvalue weighted by atomic mass is 16.6. The lowest BCUT2D eigenvalue weighted by Gasteiger charge is -2.60. The molecule has 2 atom stereocenters. The molecule has 4 aliphatic carbocycles. The molecule has 4 saturated carbocycles. The van der Waals surface area contributed by atoms with E-state index >= 15 is 0 Å². The molecule has 0 aromatic rings. The minimum absolute atomic E-state index is 0.149. The van der Waals surface area contributed by atoms with E-state index in [9.17, 15) is 24.3 Å². The number of rotatable bonds is 8. The number of hydrogen-bond donors (Lipinski definition) is 1. The molecule has 0 aromatic heterocycles. The molecule has 4 aliphatic rings. The molecule has 154 valence electrons. The van der Waals surface area contributed by atoms with Crippen molar-refractivity contribution < 1.29 is 38.5 Å². The summed E-state index contributed by atoms with van der Waals surface area (Å²) >= 11 is 0. The van der Waals surface area contributed by atoms with Crippen LogP contribution in [0.1, 0.15) is 45.4 Å². The van der Waals surface area contributed by atoms with Crippen molar-refractivity contribution in [2.24, 2.45) is 22.7 Å². The predicted molar refractivity (Wildman–Crippen MR) is 94.9 cm³/mol. The van der Waals surface area contributed by atoms with Crippen LogP contribution in [0, 0.1) is 22.7 Å². The second-order valence-corrected chi connectivity index (χ2v) is 8.72. The molecular formula is C20H26O8. The van der Waals surface area contributed by atoms with Crippen LogP contribution in [-0.4, -0.2) is 48.8 Å². The number of carbonyl (C=O) groups is 4. The largest absolute Gasteiger partial charge is 0.481 e. The van der Waals surface area contributed by atoms with Gasteiger partial charge in [0.25, 0.3) is 0 Å². The zero-order valence-corrected chi connectivity index (χ0v) is 16.0. The molecule has 28 heavy (non-hydrogen) atoms. The maximum Gasteiger partial charge on any atom is 0.344 e. The molecule has 8 nitrogen and oxygen atoms in total. The molecule has 4 bridgehead atoms. The minimum Gasteiger partial charge on any atom is -0.481 e. The van der Waals surface area contributed by atoms with E-state index in [0.717, 1.165) is 32.1 Å². The highest BCUT2D eigenvalue weighted by Crippen LogP contribution is 2.65. The summed E-state index contributed by atoms with van der Waals surface area (Å²) in [6, 6.07) is 0. The van der Waals surface area contributed by atoms with Crippen LogP contribution in [0.3, 0.4) is 0 Å². The monoisotopic (exact) mass is 394 g/mol. The van der Waals surface area contributed by atoms with Crippen molar-refractivity contribution in [1.29, 1.82) is 0 Å². The van der Waals surface area contributed by atoms with Crippen LogP contribution in [0.4, 0.5) is 0 Å². The van der Waals surface area contributed by atoms with Crippen molar-refractivity contribution in [1.82, 2.24) is 0 Å². The summed E-state index contributed by atoms with van der Waals surface area (Å²) in [5, 5.41) is 9.73. The van der Waals surface area contributed by atoms with Gasteiger partial charge in [0.05, 0.1) is 12.0 Å². The van der Waals surface area contributed by atoms with Gasteiger partial charge in [0.1, 0.15) is 0 Å². The molecule has 0 amide bonds. The summed E-state index contributed by atoms with van der Waals surface area (Å²) in [5.74, 6) is -2.26. The average molecular weight is 394 g/mol. The molecule has 0 aliphatic heterocycles. The predicted octanol–water partition coefficient (Wildman–Crippen LogP) is 1.86. The average Bonchev–Trinajstić information content (AvgIpc) is 2.61. The second kappa shape index (κ2) is 7.56. The fraction of sp³-hybridized carbons (Fsp3) is 0.700. The molecule has 2 unspecified atom stereocenters. The molecule has 0 spiro atoms. The second-order valence-electron chi connectivity index (χ2n) is 8.72. The highest BCUT2D eigenvalue weighted by Gasteiger charge is 2.61. The third-order valence-electron chi connectivity index (χ3n) is 6.20. The molecule has 4 rings (SSSR count). The van der Waals surface area contributed by atoms with Crippen LogP contribution in [0.15, 0.2) is 12.2 Å². The summed E-state index contributed by atoms with van der Waals surface area (Å²) in [6.07, 6.45) is 4.78. The van der Waals surface area contributed by atoms with Gasteiger partial charge in [-0.3, -0.25) is 4.79 Å². The van der Waals surface area contributed by atoms with Crippen molar-refractivity contribution >= 4 is 23.9 Å². The van der Waals surface area contributed by atoms with E-state index in [1.165, 1.54) is 6.92 Å². The first-order chi connectivity index (χ1) is 13.1. The van der Waals surface area contributed by atoms with Gasteiger partial charge in [-0.15, -0.1) is 0 Å². The van der Waals surface area contributed by atoms with Crippen molar-refractivity contribution in [2.45, 2.75) is 45.4 Å². The Morgan fingerprint density at radius 3 is 2.11 bits per heavy atom. The Labute approximate surface area is 163 Å². The third kappa shape index (κ3) is 4.20. The summed E-state index contributed by atoms with van der Waals surface area (Å²) in [4.78, 5) is 46.5. The number of hydrogen-bond acceptors (Lipinski definition) is 7. The van der Waals surface area contributed by atoms with Crippen molar-refractivity contribution in [3.8, 4) is 0 Å². The fourth-order valence-corrected chi connectivity index (χ4v) is 5.58. The zero-order valence-electron chi connectivity index (χ0n) is 16.0. The van der Waals surface area contributed by atoms with Crippen LogP contribution in [0.25, 0.3) is 0 Å². The molecule has 0 heterocycles. The van der Waals surface area contributed by atoms with Gasteiger partial charge in [0.2, 0.25) is 0 Å².